The van der Waals surface area contributed by atoms with Crippen LogP contribution in [-0.4, -0.2) is 14.6 Å². The van der Waals surface area contributed by atoms with Gasteiger partial charge < -0.3 is 0 Å². The number of benzene rings is 1. The lowest BCUT2D eigenvalue weighted by molar-refractivity contribution is -0.142. The first-order valence-corrected chi connectivity index (χ1v) is 7.27. The Labute approximate surface area is 132 Å². The van der Waals surface area contributed by atoms with Crippen LogP contribution in [0.15, 0.2) is 34.8 Å². The number of aryl methyl sites for hydroxylation is 2. The quantitative estimate of drug-likeness (QED) is 0.616. The average molecular weight is 370 g/mol. The van der Waals surface area contributed by atoms with Crippen molar-refractivity contribution in [3.63, 3.8) is 0 Å². The van der Waals surface area contributed by atoms with Gasteiger partial charge in [-0.1, -0.05) is 29.8 Å². The summed E-state index contributed by atoms with van der Waals surface area (Å²) in [5.41, 5.74) is 1.69. The van der Waals surface area contributed by atoms with Gasteiger partial charge in [-0.2, -0.15) is 18.3 Å². The van der Waals surface area contributed by atoms with Gasteiger partial charge in [0.1, 0.15) is 0 Å². The smallest absolute Gasteiger partial charge is 0.227 e. The van der Waals surface area contributed by atoms with Crippen LogP contribution in [0.5, 0.6) is 0 Å². The summed E-state index contributed by atoms with van der Waals surface area (Å²) in [6, 6.07) is 8.21. The largest absolute Gasteiger partial charge is 0.433 e. The van der Waals surface area contributed by atoms with E-state index in [-0.39, 0.29) is 11.3 Å². The molecule has 0 amide bonds. The highest BCUT2D eigenvalue weighted by atomic mass is 79.9. The second-order valence-corrected chi connectivity index (χ2v) is 5.82. The molecule has 22 heavy (non-hydrogen) atoms. The SMILES string of the molecule is Cc1ccc(-c2cc(C(F)(F)F)n3nc(C)c(Br)c3n2)cc1. The molecular weight excluding hydrogens is 359 g/mol. The maximum absolute atomic E-state index is 13.3. The Kier molecular flexibility index (Phi) is 3.47. The lowest BCUT2D eigenvalue weighted by Crippen LogP contribution is -2.13. The number of hydrogen-bond acceptors (Lipinski definition) is 2. The van der Waals surface area contributed by atoms with Crippen molar-refractivity contribution in [2.45, 2.75) is 20.0 Å². The Bertz CT molecular complexity index is 851. The first-order chi connectivity index (χ1) is 10.3. The van der Waals surface area contributed by atoms with Crippen molar-refractivity contribution in [2.75, 3.05) is 0 Å². The van der Waals surface area contributed by atoms with Crippen molar-refractivity contribution < 1.29 is 13.2 Å². The summed E-state index contributed by atoms with van der Waals surface area (Å²) in [5.74, 6) is 0. The zero-order valence-electron chi connectivity index (χ0n) is 11.7. The molecule has 0 unspecified atom stereocenters. The second-order valence-electron chi connectivity index (χ2n) is 5.03. The van der Waals surface area contributed by atoms with Gasteiger partial charge in [-0.05, 0) is 35.8 Å². The standard InChI is InChI=1S/C15H11BrF3N3/c1-8-3-5-10(6-4-8)11-7-12(15(17,18)19)22-14(20-11)13(16)9(2)21-22/h3-7H,1-2H3. The van der Waals surface area contributed by atoms with E-state index in [2.05, 4.69) is 26.0 Å². The Hall–Kier alpha value is -1.89. The van der Waals surface area contributed by atoms with Crippen LogP contribution in [0.1, 0.15) is 17.0 Å². The number of rotatable bonds is 1. The van der Waals surface area contributed by atoms with Crippen LogP contribution in [0, 0.1) is 13.8 Å². The molecule has 2 heterocycles. The van der Waals surface area contributed by atoms with Gasteiger partial charge in [0.2, 0.25) is 0 Å². The third-order valence-corrected chi connectivity index (χ3v) is 4.26. The van der Waals surface area contributed by atoms with E-state index in [9.17, 15) is 13.2 Å². The second kappa shape index (κ2) is 5.08. The van der Waals surface area contributed by atoms with Crippen LogP contribution in [0.4, 0.5) is 13.2 Å². The first-order valence-electron chi connectivity index (χ1n) is 6.47. The Balaban J connectivity index is 2.33. The van der Waals surface area contributed by atoms with Crippen molar-refractivity contribution in [1.29, 1.82) is 0 Å². The summed E-state index contributed by atoms with van der Waals surface area (Å²) >= 11 is 3.26. The number of hydrogen-bond donors (Lipinski definition) is 0. The van der Waals surface area contributed by atoms with E-state index in [1.165, 1.54) is 0 Å². The third kappa shape index (κ3) is 2.49. The summed E-state index contributed by atoms with van der Waals surface area (Å²) in [4.78, 5) is 4.32. The highest BCUT2D eigenvalue weighted by molar-refractivity contribution is 9.10. The molecule has 3 aromatic rings. The van der Waals surface area contributed by atoms with Crippen molar-refractivity contribution in [3.8, 4) is 11.3 Å². The predicted molar refractivity (Wildman–Crippen MR) is 80.6 cm³/mol. The molecule has 0 saturated heterocycles. The molecule has 3 nitrogen and oxygen atoms in total. The monoisotopic (exact) mass is 369 g/mol. The summed E-state index contributed by atoms with van der Waals surface area (Å²) < 4.78 is 41.2. The van der Waals surface area contributed by atoms with E-state index < -0.39 is 11.9 Å². The lowest BCUT2D eigenvalue weighted by Gasteiger charge is -2.11. The zero-order valence-corrected chi connectivity index (χ0v) is 13.3. The fourth-order valence-electron chi connectivity index (χ4n) is 2.17. The maximum Gasteiger partial charge on any atom is 0.433 e. The molecule has 0 spiro atoms. The molecule has 0 bridgehead atoms. The minimum atomic E-state index is -4.52. The number of fused-ring (bicyclic) bond motifs is 1. The molecule has 2 aromatic heterocycles. The van der Waals surface area contributed by atoms with Gasteiger partial charge in [-0.25, -0.2) is 9.50 Å². The minimum absolute atomic E-state index is 0.155. The molecule has 7 heteroatoms. The lowest BCUT2D eigenvalue weighted by atomic mass is 10.1. The van der Waals surface area contributed by atoms with Crippen LogP contribution in [0.2, 0.25) is 0 Å². The van der Waals surface area contributed by atoms with E-state index >= 15 is 0 Å². The minimum Gasteiger partial charge on any atom is -0.227 e. The van der Waals surface area contributed by atoms with E-state index in [1.807, 2.05) is 19.1 Å². The molecule has 0 aliphatic carbocycles. The van der Waals surface area contributed by atoms with Crippen molar-refractivity contribution in [1.82, 2.24) is 14.6 Å². The predicted octanol–water partition coefficient (Wildman–Crippen LogP) is 4.79. The van der Waals surface area contributed by atoms with Gasteiger partial charge in [0.15, 0.2) is 11.3 Å². The van der Waals surface area contributed by atoms with Crippen LogP contribution < -0.4 is 0 Å². The van der Waals surface area contributed by atoms with Gasteiger partial charge in [0, 0.05) is 5.56 Å². The third-order valence-electron chi connectivity index (χ3n) is 3.33. The van der Waals surface area contributed by atoms with Crippen LogP contribution in [0.3, 0.4) is 0 Å². The fraction of sp³-hybridized carbons (Fsp3) is 0.200. The number of nitrogens with zero attached hydrogens (tertiary/aromatic N) is 3. The Morgan fingerprint density at radius 1 is 1.09 bits per heavy atom. The fourth-order valence-corrected chi connectivity index (χ4v) is 2.51. The summed E-state index contributed by atoms with van der Waals surface area (Å²) in [6.07, 6.45) is -4.52. The van der Waals surface area contributed by atoms with E-state index in [4.69, 9.17) is 0 Å². The molecule has 1 aromatic carbocycles. The zero-order chi connectivity index (χ0) is 16.1. The van der Waals surface area contributed by atoms with Crippen molar-refractivity contribution in [2.24, 2.45) is 0 Å². The topological polar surface area (TPSA) is 30.2 Å². The van der Waals surface area contributed by atoms with Gasteiger partial charge in [0.05, 0.1) is 15.9 Å². The van der Waals surface area contributed by atoms with Gasteiger partial charge in [0.25, 0.3) is 0 Å². The van der Waals surface area contributed by atoms with E-state index in [0.717, 1.165) is 16.1 Å². The molecule has 0 N–H and O–H groups in total. The molecular formula is C15H11BrF3N3. The van der Waals surface area contributed by atoms with Gasteiger partial charge >= 0.3 is 6.18 Å². The van der Waals surface area contributed by atoms with Crippen molar-refractivity contribution >= 4 is 21.6 Å². The number of halogens is 4. The molecule has 0 atom stereocenters. The van der Waals surface area contributed by atoms with E-state index in [1.54, 1.807) is 19.1 Å². The molecule has 114 valence electrons. The molecule has 0 aliphatic heterocycles. The molecule has 0 fully saturated rings. The number of aromatic nitrogens is 3. The molecule has 0 aliphatic rings. The van der Waals surface area contributed by atoms with Gasteiger partial charge in [-0.15, -0.1) is 0 Å². The van der Waals surface area contributed by atoms with Crippen molar-refractivity contribution in [3.05, 3.63) is 51.8 Å². The van der Waals surface area contributed by atoms with Gasteiger partial charge in [-0.3, -0.25) is 0 Å². The summed E-state index contributed by atoms with van der Waals surface area (Å²) in [5, 5.41) is 3.92. The van der Waals surface area contributed by atoms with Crippen LogP contribution >= 0.6 is 15.9 Å². The van der Waals surface area contributed by atoms with E-state index in [0.29, 0.717) is 15.7 Å². The number of alkyl halides is 3. The van der Waals surface area contributed by atoms with Crippen LogP contribution in [0.25, 0.3) is 16.9 Å². The highest BCUT2D eigenvalue weighted by Gasteiger charge is 2.35. The summed E-state index contributed by atoms with van der Waals surface area (Å²) in [7, 11) is 0. The normalized spacial score (nSPS) is 12.1. The molecule has 3 rings (SSSR count). The van der Waals surface area contributed by atoms with Crippen LogP contribution in [-0.2, 0) is 6.18 Å². The average Bonchev–Trinajstić information content (AvgIpc) is 2.73. The highest BCUT2D eigenvalue weighted by Crippen LogP contribution is 2.34. The molecule has 0 saturated carbocycles. The maximum atomic E-state index is 13.3. The Morgan fingerprint density at radius 2 is 1.73 bits per heavy atom. The first kappa shape index (κ1) is 15.0. The molecule has 0 radical (unpaired) electrons. The Morgan fingerprint density at radius 3 is 2.32 bits per heavy atom. The summed E-state index contributed by atoms with van der Waals surface area (Å²) in [6.45, 7) is 3.54.